The van der Waals surface area contributed by atoms with Crippen molar-refractivity contribution >= 4 is 10.0 Å². The first-order chi connectivity index (χ1) is 12.4. The molecule has 4 nitrogen and oxygen atoms in total. The molecule has 7 heteroatoms. The Morgan fingerprint density at radius 1 is 1.15 bits per heavy atom. The lowest BCUT2D eigenvalue weighted by molar-refractivity contribution is 0.384. The summed E-state index contributed by atoms with van der Waals surface area (Å²) in [5.74, 6) is -1.45. The summed E-state index contributed by atoms with van der Waals surface area (Å²) in [6.45, 7) is 0.383. The summed E-state index contributed by atoms with van der Waals surface area (Å²) in [7, 11) is -3.73. The number of halogens is 2. The Morgan fingerprint density at radius 2 is 1.88 bits per heavy atom. The SMILES string of the molecule is N#Cc1ccc(F)c(CS(=O)(=O)N2CCCC2Cc2ccc(F)cc2)c1. The number of benzene rings is 2. The topological polar surface area (TPSA) is 61.2 Å². The molecule has 0 spiro atoms. The highest BCUT2D eigenvalue weighted by atomic mass is 32.2. The highest BCUT2D eigenvalue weighted by Gasteiger charge is 2.34. The van der Waals surface area contributed by atoms with Crippen LogP contribution in [0.1, 0.15) is 29.5 Å². The van der Waals surface area contributed by atoms with E-state index in [2.05, 4.69) is 0 Å². The molecule has 3 rings (SSSR count). The molecule has 0 saturated carbocycles. The second kappa shape index (κ2) is 7.52. The number of sulfonamides is 1. The highest BCUT2D eigenvalue weighted by Crippen LogP contribution is 2.27. The van der Waals surface area contributed by atoms with Gasteiger partial charge in [0.15, 0.2) is 0 Å². The normalized spacial score (nSPS) is 18.0. The molecule has 1 atom stereocenters. The van der Waals surface area contributed by atoms with Gasteiger partial charge in [0.2, 0.25) is 10.0 Å². The van der Waals surface area contributed by atoms with Crippen LogP contribution in [0.2, 0.25) is 0 Å². The molecule has 136 valence electrons. The molecule has 0 radical (unpaired) electrons. The molecule has 1 fully saturated rings. The lowest BCUT2D eigenvalue weighted by atomic mass is 10.0. The van der Waals surface area contributed by atoms with Crippen molar-refractivity contribution in [3.63, 3.8) is 0 Å². The fourth-order valence-electron chi connectivity index (χ4n) is 3.31. The molecule has 1 saturated heterocycles. The first-order valence-corrected chi connectivity index (χ1v) is 9.92. The van der Waals surface area contributed by atoms with Crippen LogP contribution in [0.4, 0.5) is 8.78 Å². The molecule has 1 aliphatic rings. The molecule has 1 heterocycles. The van der Waals surface area contributed by atoms with Crippen molar-refractivity contribution in [3.05, 3.63) is 70.8 Å². The Labute approximate surface area is 151 Å². The van der Waals surface area contributed by atoms with Gasteiger partial charge in [0.25, 0.3) is 0 Å². The highest BCUT2D eigenvalue weighted by molar-refractivity contribution is 7.88. The van der Waals surface area contributed by atoms with Gasteiger partial charge < -0.3 is 0 Å². The molecule has 2 aromatic carbocycles. The van der Waals surface area contributed by atoms with Gasteiger partial charge in [0, 0.05) is 18.2 Å². The standard InChI is InChI=1S/C19H18F2N2O2S/c20-17-6-3-14(4-7-17)11-18-2-1-9-23(18)26(24,25)13-16-10-15(12-22)5-8-19(16)21/h3-8,10,18H,1-2,9,11,13H2. The zero-order valence-electron chi connectivity index (χ0n) is 14.0. The van der Waals surface area contributed by atoms with Crippen LogP contribution in [-0.4, -0.2) is 25.3 Å². The number of hydrogen-bond acceptors (Lipinski definition) is 3. The van der Waals surface area contributed by atoms with Gasteiger partial charge in [-0.15, -0.1) is 0 Å². The van der Waals surface area contributed by atoms with Gasteiger partial charge in [0.1, 0.15) is 11.6 Å². The Balaban J connectivity index is 1.79. The fourth-order valence-corrected chi connectivity index (χ4v) is 5.13. The van der Waals surface area contributed by atoms with Crippen LogP contribution in [-0.2, 0) is 22.2 Å². The van der Waals surface area contributed by atoms with Crippen LogP contribution in [0.3, 0.4) is 0 Å². The average molecular weight is 376 g/mol. The third kappa shape index (κ3) is 4.09. The molecule has 1 aliphatic heterocycles. The van der Waals surface area contributed by atoms with E-state index in [9.17, 15) is 17.2 Å². The van der Waals surface area contributed by atoms with Crippen molar-refractivity contribution in [1.29, 1.82) is 5.26 Å². The van der Waals surface area contributed by atoms with E-state index < -0.39 is 21.6 Å². The monoisotopic (exact) mass is 376 g/mol. The summed E-state index contributed by atoms with van der Waals surface area (Å²) in [5.41, 5.74) is 1.08. The van der Waals surface area contributed by atoms with Crippen molar-refractivity contribution in [2.75, 3.05) is 6.54 Å². The first kappa shape index (κ1) is 18.5. The van der Waals surface area contributed by atoms with Gasteiger partial charge in [-0.3, -0.25) is 0 Å². The van der Waals surface area contributed by atoms with Gasteiger partial charge in [-0.05, 0) is 55.2 Å². The van der Waals surface area contributed by atoms with E-state index in [1.54, 1.807) is 12.1 Å². The molecule has 26 heavy (non-hydrogen) atoms. The van der Waals surface area contributed by atoms with Crippen molar-refractivity contribution in [2.24, 2.45) is 0 Å². The summed E-state index contributed by atoms with van der Waals surface area (Å²) in [6.07, 6.45) is 1.92. The maximum atomic E-state index is 14.0. The zero-order valence-corrected chi connectivity index (χ0v) is 14.8. The van der Waals surface area contributed by atoms with E-state index in [-0.39, 0.29) is 23.0 Å². The average Bonchev–Trinajstić information content (AvgIpc) is 3.08. The van der Waals surface area contributed by atoms with E-state index in [1.807, 2.05) is 6.07 Å². The van der Waals surface area contributed by atoms with E-state index in [1.165, 1.54) is 28.6 Å². The quantitative estimate of drug-likeness (QED) is 0.804. The molecule has 0 aliphatic carbocycles. The maximum Gasteiger partial charge on any atom is 0.218 e. The number of nitriles is 1. The minimum Gasteiger partial charge on any atom is -0.212 e. The summed E-state index contributed by atoms with van der Waals surface area (Å²) >= 11 is 0. The Hall–Kier alpha value is -2.30. The van der Waals surface area contributed by atoms with Crippen LogP contribution in [0.25, 0.3) is 0 Å². The largest absolute Gasteiger partial charge is 0.218 e. The van der Waals surface area contributed by atoms with Crippen molar-refractivity contribution < 1.29 is 17.2 Å². The second-order valence-electron chi connectivity index (χ2n) is 6.41. The number of nitrogens with zero attached hydrogens (tertiary/aromatic N) is 2. The molecule has 0 aromatic heterocycles. The van der Waals surface area contributed by atoms with Crippen LogP contribution in [0.5, 0.6) is 0 Å². The maximum absolute atomic E-state index is 14.0. The van der Waals surface area contributed by atoms with Gasteiger partial charge >= 0.3 is 0 Å². The van der Waals surface area contributed by atoms with E-state index >= 15 is 0 Å². The summed E-state index contributed by atoms with van der Waals surface area (Å²) in [6, 6.07) is 11.4. The lowest BCUT2D eigenvalue weighted by Crippen LogP contribution is -2.37. The number of rotatable bonds is 5. The van der Waals surface area contributed by atoms with E-state index in [0.717, 1.165) is 18.1 Å². The third-order valence-electron chi connectivity index (χ3n) is 4.58. The van der Waals surface area contributed by atoms with E-state index in [4.69, 9.17) is 5.26 Å². The molecular weight excluding hydrogens is 358 g/mol. The van der Waals surface area contributed by atoms with Crippen LogP contribution in [0.15, 0.2) is 42.5 Å². The fraction of sp³-hybridized carbons (Fsp3) is 0.316. The van der Waals surface area contributed by atoms with Crippen LogP contribution >= 0.6 is 0 Å². The van der Waals surface area contributed by atoms with Crippen molar-refractivity contribution in [3.8, 4) is 6.07 Å². The smallest absolute Gasteiger partial charge is 0.212 e. The van der Waals surface area contributed by atoms with Crippen LogP contribution in [0, 0.1) is 23.0 Å². The Bertz CT molecular complexity index is 937. The van der Waals surface area contributed by atoms with Crippen molar-refractivity contribution in [1.82, 2.24) is 4.31 Å². The van der Waals surface area contributed by atoms with Gasteiger partial charge in [-0.2, -0.15) is 9.57 Å². The molecule has 2 aromatic rings. The second-order valence-corrected chi connectivity index (χ2v) is 8.33. The van der Waals surface area contributed by atoms with Gasteiger partial charge in [0.05, 0.1) is 17.4 Å². The predicted octanol–water partition coefficient (Wildman–Crippen LogP) is 3.37. The molecular formula is C19H18F2N2O2S. The number of hydrogen-bond donors (Lipinski definition) is 0. The Morgan fingerprint density at radius 3 is 2.58 bits per heavy atom. The zero-order chi connectivity index (χ0) is 18.7. The summed E-state index contributed by atoms with van der Waals surface area (Å²) in [5, 5.41) is 8.93. The van der Waals surface area contributed by atoms with Gasteiger partial charge in [-0.25, -0.2) is 17.2 Å². The van der Waals surface area contributed by atoms with Crippen LogP contribution < -0.4 is 0 Å². The van der Waals surface area contributed by atoms with E-state index in [0.29, 0.717) is 19.4 Å². The molecule has 0 amide bonds. The third-order valence-corrected chi connectivity index (χ3v) is 6.45. The minimum atomic E-state index is -3.73. The molecule has 0 bridgehead atoms. The predicted molar refractivity (Wildman–Crippen MR) is 93.6 cm³/mol. The molecule has 1 unspecified atom stereocenters. The summed E-state index contributed by atoms with van der Waals surface area (Å²) < 4.78 is 54.1. The molecule has 0 N–H and O–H groups in total. The Kier molecular flexibility index (Phi) is 5.35. The minimum absolute atomic E-state index is 0.00326. The first-order valence-electron chi connectivity index (χ1n) is 8.31. The van der Waals surface area contributed by atoms with Gasteiger partial charge in [-0.1, -0.05) is 12.1 Å². The summed E-state index contributed by atoms with van der Waals surface area (Å²) in [4.78, 5) is 0. The van der Waals surface area contributed by atoms with Crippen molar-refractivity contribution in [2.45, 2.75) is 31.1 Å². The lowest BCUT2D eigenvalue weighted by Gasteiger charge is -2.24.